The minimum absolute atomic E-state index is 0.465. The van der Waals surface area contributed by atoms with Gasteiger partial charge >= 0.3 is 6.18 Å². The van der Waals surface area contributed by atoms with Crippen LogP contribution in [-0.2, 0) is 15.7 Å². The van der Waals surface area contributed by atoms with E-state index in [9.17, 15) is 13.2 Å². The van der Waals surface area contributed by atoms with Crippen LogP contribution >= 0.6 is 0 Å². The fraction of sp³-hybridized carbons (Fsp3) is 0.286. The van der Waals surface area contributed by atoms with E-state index in [4.69, 9.17) is 9.47 Å². The summed E-state index contributed by atoms with van der Waals surface area (Å²) in [5, 5.41) is 0. The van der Waals surface area contributed by atoms with E-state index in [-0.39, 0.29) is 0 Å². The van der Waals surface area contributed by atoms with Crippen molar-refractivity contribution in [3.05, 3.63) is 53.9 Å². The fourth-order valence-electron chi connectivity index (χ4n) is 2.16. The Morgan fingerprint density at radius 2 is 1.65 bits per heavy atom. The largest absolute Gasteiger partial charge is 0.416 e. The van der Waals surface area contributed by atoms with Gasteiger partial charge in [0, 0.05) is 11.9 Å². The van der Waals surface area contributed by atoms with Gasteiger partial charge < -0.3 is 14.0 Å². The third kappa shape index (κ3) is 2.44. The van der Waals surface area contributed by atoms with E-state index in [1.54, 1.807) is 16.8 Å². The molecule has 0 spiro atoms. The number of halogens is 3. The van der Waals surface area contributed by atoms with E-state index < -0.39 is 18.0 Å². The van der Waals surface area contributed by atoms with Gasteiger partial charge in [-0.3, -0.25) is 0 Å². The molecule has 1 saturated heterocycles. The topological polar surface area (TPSA) is 23.4 Å². The molecule has 0 bridgehead atoms. The van der Waals surface area contributed by atoms with Crippen molar-refractivity contribution in [2.45, 2.75) is 12.5 Å². The second-order valence-corrected chi connectivity index (χ2v) is 4.42. The molecule has 0 amide bonds. The van der Waals surface area contributed by atoms with Gasteiger partial charge in [0.15, 0.2) is 6.29 Å². The maximum atomic E-state index is 12.5. The van der Waals surface area contributed by atoms with Crippen molar-refractivity contribution >= 4 is 0 Å². The molecule has 1 aromatic heterocycles. The van der Waals surface area contributed by atoms with E-state index in [0.29, 0.717) is 18.9 Å². The Hall–Kier alpha value is -1.79. The fourth-order valence-corrected chi connectivity index (χ4v) is 2.16. The highest BCUT2D eigenvalue weighted by atomic mass is 19.4. The highest BCUT2D eigenvalue weighted by Crippen LogP contribution is 2.31. The molecule has 0 aliphatic carbocycles. The average molecular weight is 283 g/mol. The second kappa shape index (κ2) is 4.96. The zero-order valence-corrected chi connectivity index (χ0v) is 10.4. The van der Waals surface area contributed by atoms with E-state index in [1.165, 1.54) is 12.1 Å². The molecule has 1 aliphatic rings. The first-order valence-corrected chi connectivity index (χ1v) is 6.14. The molecule has 20 heavy (non-hydrogen) atoms. The first-order chi connectivity index (χ1) is 9.55. The van der Waals surface area contributed by atoms with Gasteiger partial charge in [0.05, 0.1) is 24.5 Å². The Bertz CT molecular complexity index is 583. The number of benzene rings is 1. The Morgan fingerprint density at radius 3 is 2.25 bits per heavy atom. The summed E-state index contributed by atoms with van der Waals surface area (Å²) in [6.07, 6.45) is -3.02. The van der Waals surface area contributed by atoms with Crippen LogP contribution in [0.5, 0.6) is 0 Å². The van der Waals surface area contributed by atoms with Crippen molar-refractivity contribution in [1.82, 2.24) is 4.57 Å². The number of hydrogen-bond acceptors (Lipinski definition) is 2. The predicted octanol–water partition coefficient (Wildman–Crippen LogP) is 3.54. The van der Waals surface area contributed by atoms with Gasteiger partial charge in [0.25, 0.3) is 0 Å². The van der Waals surface area contributed by atoms with Crippen molar-refractivity contribution in [1.29, 1.82) is 0 Å². The molecule has 1 fully saturated rings. The van der Waals surface area contributed by atoms with Crippen LogP contribution in [-0.4, -0.2) is 17.8 Å². The van der Waals surface area contributed by atoms with Gasteiger partial charge in [0.2, 0.25) is 0 Å². The molecule has 1 aliphatic heterocycles. The quantitative estimate of drug-likeness (QED) is 0.841. The summed E-state index contributed by atoms with van der Waals surface area (Å²) in [5.41, 5.74) is 0.739. The van der Waals surface area contributed by atoms with Gasteiger partial charge in [-0.2, -0.15) is 13.2 Å². The number of alkyl halides is 3. The van der Waals surface area contributed by atoms with Crippen LogP contribution in [0.4, 0.5) is 13.2 Å². The van der Waals surface area contributed by atoms with E-state index >= 15 is 0 Å². The lowest BCUT2D eigenvalue weighted by atomic mass is 10.2. The van der Waals surface area contributed by atoms with Crippen LogP contribution in [0.3, 0.4) is 0 Å². The van der Waals surface area contributed by atoms with Gasteiger partial charge in [-0.1, -0.05) is 0 Å². The van der Waals surface area contributed by atoms with Crippen molar-refractivity contribution in [3.63, 3.8) is 0 Å². The van der Waals surface area contributed by atoms with Gasteiger partial charge in [-0.15, -0.1) is 0 Å². The Kier molecular flexibility index (Phi) is 3.27. The molecule has 106 valence electrons. The lowest BCUT2D eigenvalue weighted by Gasteiger charge is -2.14. The molecule has 3 nitrogen and oxygen atoms in total. The van der Waals surface area contributed by atoms with Crippen LogP contribution in [0, 0.1) is 0 Å². The highest BCUT2D eigenvalue weighted by molar-refractivity contribution is 5.38. The smallest absolute Gasteiger partial charge is 0.345 e. The molecule has 0 unspecified atom stereocenters. The number of rotatable bonds is 2. The summed E-state index contributed by atoms with van der Waals surface area (Å²) >= 11 is 0. The summed E-state index contributed by atoms with van der Waals surface area (Å²) in [7, 11) is 0. The number of hydrogen-bond donors (Lipinski definition) is 0. The van der Waals surface area contributed by atoms with E-state index in [1.807, 2.05) is 6.07 Å². The Morgan fingerprint density at radius 1 is 1.00 bits per heavy atom. The van der Waals surface area contributed by atoms with Crippen molar-refractivity contribution < 1.29 is 22.6 Å². The monoisotopic (exact) mass is 283 g/mol. The van der Waals surface area contributed by atoms with Crippen LogP contribution in [0.25, 0.3) is 5.69 Å². The zero-order valence-electron chi connectivity index (χ0n) is 10.4. The van der Waals surface area contributed by atoms with E-state index in [0.717, 1.165) is 17.8 Å². The van der Waals surface area contributed by atoms with Crippen LogP contribution in [0.2, 0.25) is 0 Å². The summed E-state index contributed by atoms with van der Waals surface area (Å²) in [4.78, 5) is 0. The normalized spacial score (nSPS) is 16.8. The molecule has 0 radical (unpaired) electrons. The van der Waals surface area contributed by atoms with Crippen molar-refractivity contribution in [3.8, 4) is 5.69 Å². The third-order valence-corrected chi connectivity index (χ3v) is 3.12. The molecule has 0 N–H and O–H groups in total. The summed E-state index contributed by atoms with van der Waals surface area (Å²) in [6, 6.07) is 8.62. The summed E-state index contributed by atoms with van der Waals surface area (Å²) in [6.45, 7) is 1.03. The molecule has 0 saturated carbocycles. The Labute approximate surface area is 113 Å². The molecule has 0 atom stereocenters. The molecular weight excluding hydrogens is 271 g/mol. The van der Waals surface area contributed by atoms with Crippen LogP contribution in [0.1, 0.15) is 17.5 Å². The lowest BCUT2D eigenvalue weighted by Crippen LogP contribution is -2.08. The maximum Gasteiger partial charge on any atom is 0.416 e. The second-order valence-electron chi connectivity index (χ2n) is 4.42. The lowest BCUT2D eigenvalue weighted by molar-refractivity contribution is -0.137. The molecule has 1 aromatic carbocycles. The van der Waals surface area contributed by atoms with Gasteiger partial charge in [0.1, 0.15) is 0 Å². The standard InChI is InChI=1S/C14H12F3NO2/c15-14(16,17)10-3-5-11(6-4-10)18-7-1-2-12(18)13-19-8-9-20-13/h1-7,13H,8-9H2. The molecule has 2 heterocycles. The van der Waals surface area contributed by atoms with Gasteiger partial charge in [-0.25, -0.2) is 0 Å². The van der Waals surface area contributed by atoms with Crippen molar-refractivity contribution in [2.24, 2.45) is 0 Å². The minimum atomic E-state index is -4.32. The van der Waals surface area contributed by atoms with Crippen LogP contribution in [0.15, 0.2) is 42.6 Å². The summed E-state index contributed by atoms with van der Waals surface area (Å²) in [5.74, 6) is 0. The molecule has 2 aromatic rings. The minimum Gasteiger partial charge on any atom is -0.345 e. The summed E-state index contributed by atoms with van der Waals surface area (Å²) < 4.78 is 50.2. The van der Waals surface area contributed by atoms with E-state index in [2.05, 4.69) is 0 Å². The highest BCUT2D eigenvalue weighted by Gasteiger charge is 2.30. The third-order valence-electron chi connectivity index (χ3n) is 3.12. The predicted molar refractivity (Wildman–Crippen MR) is 65.4 cm³/mol. The molecule has 6 heteroatoms. The SMILES string of the molecule is FC(F)(F)c1ccc(-n2cccc2C2OCCO2)cc1. The Balaban J connectivity index is 1.92. The van der Waals surface area contributed by atoms with Gasteiger partial charge in [-0.05, 0) is 36.4 Å². The maximum absolute atomic E-state index is 12.5. The average Bonchev–Trinajstić information content (AvgIpc) is 3.08. The van der Waals surface area contributed by atoms with Crippen LogP contribution < -0.4 is 0 Å². The zero-order chi connectivity index (χ0) is 14.2. The number of ether oxygens (including phenoxy) is 2. The first kappa shape index (κ1) is 13.2. The molecule has 3 rings (SSSR count). The first-order valence-electron chi connectivity index (χ1n) is 6.14. The number of nitrogens with zero attached hydrogens (tertiary/aromatic N) is 1. The molecular formula is C14H12F3NO2. The van der Waals surface area contributed by atoms with Crippen molar-refractivity contribution in [2.75, 3.05) is 13.2 Å². The number of aromatic nitrogens is 1.